The molecule has 0 amide bonds. The molecule has 3 aromatic carbocycles. The van der Waals surface area contributed by atoms with Crippen LogP contribution in [-0.2, 0) is 0 Å². The van der Waals surface area contributed by atoms with E-state index in [9.17, 15) is 20.2 Å². The van der Waals surface area contributed by atoms with Crippen LogP contribution in [-0.4, -0.2) is 43.2 Å². The first-order valence-corrected chi connectivity index (χ1v) is 17.7. The fraction of sp³-hybridized carbons (Fsp3) is 0.0455. The molecule has 1 fully saturated rings. The molecule has 2 unspecified atom stereocenters. The van der Waals surface area contributed by atoms with Crippen molar-refractivity contribution in [2.45, 2.75) is 12.1 Å². The third-order valence-electron chi connectivity index (χ3n) is 9.70. The zero-order valence-electron chi connectivity index (χ0n) is 29.5. The molecule has 56 heavy (non-hydrogen) atoms. The van der Waals surface area contributed by atoms with E-state index in [0.29, 0.717) is 23.0 Å². The fourth-order valence-corrected chi connectivity index (χ4v) is 6.89. The summed E-state index contributed by atoms with van der Waals surface area (Å²) < 4.78 is 11.9. The smallest absolute Gasteiger partial charge is 0.269 e. The molecular weight excluding hydrogens is 709 g/mol. The Hall–Kier alpha value is -7.86. The maximum Gasteiger partial charge on any atom is 0.269 e. The van der Waals surface area contributed by atoms with Crippen molar-refractivity contribution in [2.75, 3.05) is 0 Å². The normalized spacial score (nSPS) is 22.2. The Bertz CT molecular complexity index is 2760. The average molecular weight is 739 g/mol. The zero-order chi connectivity index (χ0) is 38.3. The maximum absolute atomic E-state index is 11.0. The number of nitrogens with zero attached hydrogens (tertiary/aromatic N) is 5. The molecule has 4 aromatic rings. The van der Waals surface area contributed by atoms with E-state index in [1.165, 1.54) is 24.3 Å². The molecular formula is C44H30N6O6. The number of nitro benzene ring substituents is 2. The average Bonchev–Trinajstić information content (AvgIpc) is 3.75. The highest BCUT2D eigenvalue weighted by Gasteiger charge is 2.54. The molecule has 6 bridgehead atoms. The summed E-state index contributed by atoms with van der Waals surface area (Å²) in [6.07, 6.45) is 21.7. The highest BCUT2D eigenvalue weighted by atomic mass is 16.6. The molecule has 9 rings (SSSR count). The molecule has 6 heterocycles. The minimum Gasteiger partial charge on any atom is -0.457 e. The number of hydrogen-bond donors (Lipinski definition) is 1. The topological polar surface area (TPSA) is 148 Å². The monoisotopic (exact) mass is 738 g/mol. The van der Waals surface area contributed by atoms with Crippen molar-refractivity contribution in [3.05, 3.63) is 212 Å². The lowest BCUT2D eigenvalue weighted by atomic mass is 9.97. The lowest BCUT2D eigenvalue weighted by Crippen LogP contribution is -2.16. The van der Waals surface area contributed by atoms with Gasteiger partial charge in [-0.05, 0) is 109 Å². The van der Waals surface area contributed by atoms with Crippen LogP contribution in [0.5, 0.6) is 17.2 Å². The quantitative estimate of drug-likeness (QED) is 0.0581. The van der Waals surface area contributed by atoms with Crippen LogP contribution < -0.4 is 20.2 Å². The number of aliphatic imine (C=N–C) groups is 2. The Kier molecular flexibility index (Phi) is 8.39. The van der Waals surface area contributed by atoms with Crippen molar-refractivity contribution in [3.63, 3.8) is 0 Å². The van der Waals surface area contributed by atoms with E-state index in [4.69, 9.17) is 19.5 Å². The van der Waals surface area contributed by atoms with Gasteiger partial charge in [0.25, 0.3) is 11.4 Å². The van der Waals surface area contributed by atoms with Gasteiger partial charge in [0.2, 0.25) is 0 Å². The van der Waals surface area contributed by atoms with Gasteiger partial charge in [0, 0.05) is 51.8 Å². The summed E-state index contributed by atoms with van der Waals surface area (Å²) in [5.74, 6) is 2.04. The number of H-pyrrole nitrogens is 1. The number of aromatic amines is 1. The van der Waals surface area contributed by atoms with Crippen molar-refractivity contribution in [2.24, 2.45) is 9.98 Å². The van der Waals surface area contributed by atoms with Crippen LogP contribution in [0.2, 0.25) is 0 Å². The van der Waals surface area contributed by atoms with Gasteiger partial charge >= 0.3 is 0 Å². The number of ether oxygens (including phenoxy) is 2. The van der Waals surface area contributed by atoms with Gasteiger partial charge in [-0.2, -0.15) is 0 Å². The summed E-state index contributed by atoms with van der Waals surface area (Å²) in [4.78, 5) is 37.1. The number of aromatic nitrogens is 1. The lowest BCUT2D eigenvalue weighted by molar-refractivity contribution is -0.385. The van der Waals surface area contributed by atoms with E-state index in [-0.39, 0.29) is 23.5 Å². The van der Waals surface area contributed by atoms with Crippen LogP contribution in [0.15, 0.2) is 185 Å². The number of rotatable bonds is 10. The van der Waals surface area contributed by atoms with Gasteiger partial charge in [-0.15, -0.1) is 0 Å². The molecule has 0 saturated carbocycles. The highest BCUT2D eigenvalue weighted by molar-refractivity contribution is 6.28. The van der Waals surface area contributed by atoms with Gasteiger partial charge in [0.15, 0.2) is 0 Å². The summed E-state index contributed by atoms with van der Waals surface area (Å²) in [5, 5.41) is 23.8. The molecule has 2 atom stereocenters. The van der Waals surface area contributed by atoms with Gasteiger partial charge in [-0.3, -0.25) is 20.2 Å². The van der Waals surface area contributed by atoms with E-state index in [2.05, 4.69) is 28.6 Å². The molecule has 1 aromatic heterocycles. The third-order valence-corrected chi connectivity index (χ3v) is 9.70. The molecule has 12 heteroatoms. The van der Waals surface area contributed by atoms with E-state index in [1.807, 2.05) is 78.9 Å². The lowest BCUT2D eigenvalue weighted by Gasteiger charge is -2.22. The van der Waals surface area contributed by atoms with Crippen molar-refractivity contribution < 1.29 is 19.3 Å². The van der Waals surface area contributed by atoms with Crippen LogP contribution in [0.1, 0.15) is 5.56 Å². The van der Waals surface area contributed by atoms with Gasteiger partial charge in [0.1, 0.15) is 23.0 Å². The van der Waals surface area contributed by atoms with Crippen molar-refractivity contribution >= 4 is 40.0 Å². The van der Waals surface area contributed by atoms with Gasteiger partial charge < -0.3 is 19.4 Å². The number of allylic oxidation sites excluding steroid dienone is 9. The van der Waals surface area contributed by atoms with Gasteiger partial charge in [0.05, 0.1) is 44.7 Å². The van der Waals surface area contributed by atoms with Crippen LogP contribution in [0, 0.1) is 20.2 Å². The minimum absolute atomic E-state index is 0.00496. The van der Waals surface area contributed by atoms with Crippen molar-refractivity contribution in [3.8, 4) is 17.2 Å². The SMILES string of the molecule is C=C\C(=C/C=C/C1=c2\ccc([nH]2)=CC2=N/C(=C(/c3ccc(Oc4ccc([N+](=O)[O-])cc4)cc3)C3=CC4C(/C=C5/C=CC1=N5)N34)C=C2)Oc1ccc([N+](=O)[O-])cc1. The maximum atomic E-state index is 11.0. The molecule has 1 N–H and O–H groups in total. The van der Waals surface area contributed by atoms with Crippen molar-refractivity contribution in [1.29, 1.82) is 0 Å². The molecule has 12 nitrogen and oxygen atoms in total. The predicted molar refractivity (Wildman–Crippen MR) is 214 cm³/mol. The third kappa shape index (κ3) is 6.62. The summed E-state index contributed by atoms with van der Waals surface area (Å²) in [6.45, 7) is 3.86. The number of nitro groups is 2. The Balaban J connectivity index is 1.04. The second-order valence-electron chi connectivity index (χ2n) is 13.2. The van der Waals surface area contributed by atoms with Crippen LogP contribution in [0.4, 0.5) is 11.4 Å². The molecule has 272 valence electrons. The van der Waals surface area contributed by atoms with E-state index in [0.717, 1.165) is 55.9 Å². The van der Waals surface area contributed by atoms with Gasteiger partial charge in [-0.25, -0.2) is 9.98 Å². The minimum atomic E-state index is -0.454. The first kappa shape index (κ1) is 33.9. The zero-order valence-corrected chi connectivity index (χ0v) is 29.5. The Labute approximate surface area is 319 Å². The fourth-order valence-electron chi connectivity index (χ4n) is 6.89. The number of non-ortho nitro benzene ring substituents is 2. The molecule has 5 aliphatic rings. The Morgan fingerprint density at radius 3 is 2.16 bits per heavy atom. The summed E-state index contributed by atoms with van der Waals surface area (Å²) in [5.41, 5.74) is 7.27. The second-order valence-corrected chi connectivity index (χ2v) is 13.2. The highest BCUT2D eigenvalue weighted by Crippen LogP contribution is 2.51. The number of fused-ring (bicyclic) bond motifs is 5. The van der Waals surface area contributed by atoms with E-state index >= 15 is 0 Å². The second kappa shape index (κ2) is 13.8. The molecule has 5 aliphatic heterocycles. The molecule has 0 radical (unpaired) electrons. The number of benzene rings is 3. The summed E-state index contributed by atoms with van der Waals surface area (Å²) >= 11 is 0. The van der Waals surface area contributed by atoms with Gasteiger partial charge in [-0.1, -0.05) is 30.9 Å². The predicted octanol–water partition coefficient (Wildman–Crippen LogP) is 7.54. The van der Waals surface area contributed by atoms with E-state index < -0.39 is 9.85 Å². The molecule has 0 spiro atoms. The van der Waals surface area contributed by atoms with Crippen molar-refractivity contribution in [1.82, 2.24) is 9.88 Å². The molecule has 1 saturated heterocycles. The van der Waals surface area contributed by atoms with Crippen LogP contribution >= 0.6 is 0 Å². The van der Waals surface area contributed by atoms with Crippen LogP contribution in [0.3, 0.4) is 0 Å². The molecule has 0 aliphatic carbocycles. The number of hydrogen-bond acceptors (Lipinski definition) is 9. The Morgan fingerprint density at radius 2 is 1.46 bits per heavy atom. The first-order chi connectivity index (χ1) is 27.3. The Morgan fingerprint density at radius 1 is 0.786 bits per heavy atom. The van der Waals surface area contributed by atoms with Crippen LogP contribution in [0.25, 0.3) is 17.2 Å². The largest absolute Gasteiger partial charge is 0.457 e. The first-order valence-electron chi connectivity index (χ1n) is 17.7. The standard InChI is InChI=1S/C44H30N6O6/c1-2-33(55-35-17-11-31(12-18-35)49(51)52)4-3-5-37-38-21-8-28(45-38)24-29-10-23-40(47-29)44(43-26-42-41(48(42)43)25-30-9-22-39(37)46-30)27-6-15-34(16-7-27)56-36-19-13-32(14-20-36)50(53)54/h2-26,41-42,45H,1H2/b5-3+,28-24?,30-25-,33-4+,38-37-,44-40-. The van der Waals surface area contributed by atoms with E-state index in [1.54, 1.807) is 36.4 Å². The summed E-state index contributed by atoms with van der Waals surface area (Å²) in [7, 11) is 0. The number of nitrogens with one attached hydrogen (secondary N) is 1. The summed E-state index contributed by atoms with van der Waals surface area (Å²) in [6, 6.07) is 24.1.